The number of hydrogen-bond donors (Lipinski definition) is 2. The first-order valence-corrected chi connectivity index (χ1v) is 6.35. The highest BCUT2D eigenvalue weighted by atomic mass is 16.4. The van der Waals surface area contributed by atoms with Crippen molar-refractivity contribution in [1.82, 2.24) is 10.2 Å². The van der Waals surface area contributed by atoms with E-state index in [0.29, 0.717) is 6.54 Å². The predicted octanol–water partition coefficient (Wildman–Crippen LogP) is 1.79. The summed E-state index contributed by atoms with van der Waals surface area (Å²) in [7, 11) is 0. The van der Waals surface area contributed by atoms with E-state index < -0.39 is 11.9 Å². The highest BCUT2D eigenvalue weighted by Crippen LogP contribution is 2.28. The van der Waals surface area contributed by atoms with E-state index in [2.05, 4.69) is 5.32 Å². The number of carbonyl (C=O) groups is 2. The first kappa shape index (κ1) is 13.4. The Labute approximate surface area is 112 Å². The van der Waals surface area contributed by atoms with Crippen LogP contribution in [0.4, 0.5) is 4.79 Å². The monoisotopic (exact) mass is 262 g/mol. The Morgan fingerprint density at radius 1 is 1.37 bits per heavy atom. The van der Waals surface area contributed by atoms with Crippen molar-refractivity contribution < 1.29 is 14.7 Å². The predicted molar refractivity (Wildman–Crippen MR) is 70.9 cm³/mol. The van der Waals surface area contributed by atoms with Crippen molar-refractivity contribution in [2.45, 2.75) is 32.4 Å². The van der Waals surface area contributed by atoms with Gasteiger partial charge in [-0.25, -0.2) is 4.79 Å². The van der Waals surface area contributed by atoms with Crippen LogP contribution in [0.5, 0.6) is 0 Å². The van der Waals surface area contributed by atoms with E-state index in [-0.39, 0.29) is 18.6 Å². The van der Waals surface area contributed by atoms with E-state index in [1.165, 1.54) is 0 Å². The van der Waals surface area contributed by atoms with Crippen molar-refractivity contribution in [1.29, 1.82) is 0 Å². The van der Waals surface area contributed by atoms with Crippen molar-refractivity contribution in [3.63, 3.8) is 0 Å². The number of carboxylic acids is 1. The maximum Gasteiger partial charge on any atom is 0.317 e. The van der Waals surface area contributed by atoms with Gasteiger partial charge in [0.2, 0.25) is 0 Å². The van der Waals surface area contributed by atoms with Gasteiger partial charge in [-0.05, 0) is 25.0 Å². The summed E-state index contributed by atoms with van der Waals surface area (Å²) >= 11 is 0. The third-order valence-corrected chi connectivity index (χ3v) is 3.19. The molecule has 0 saturated carbocycles. The Morgan fingerprint density at radius 2 is 2.05 bits per heavy atom. The van der Waals surface area contributed by atoms with Gasteiger partial charge in [0, 0.05) is 19.1 Å². The fourth-order valence-corrected chi connectivity index (χ4v) is 2.31. The number of fused-ring (bicyclic) bond motifs is 1. The van der Waals surface area contributed by atoms with Crippen molar-refractivity contribution in [3.8, 4) is 0 Å². The quantitative estimate of drug-likeness (QED) is 0.853. The Bertz CT molecular complexity index is 499. The summed E-state index contributed by atoms with van der Waals surface area (Å²) in [6.45, 7) is 4.43. The molecule has 2 rings (SSSR count). The van der Waals surface area contributed by atoms with Crippen molar-refractivity contribution in [2.24, 2.45) is 0 Å². The first-order valence-electron chi connectivity index (χ1n) is 6.35. The zero-order chi connectivity index (χ0) is 14.0. The Balaban J connectivity index is 2.25. The van der Waals surface area contributed by atoms with Crippen molar-refractivity contribution >= 4 is 12.0 Å². The normalized spacial score (nSPS) is 18.1. The van der Waals surface area contributed by atoms with Gasteiger partial charge in [-0.1, -0.05) is 24.3 Å². The topological polar surface area (TPSA) is 69.6 Å². The molecule has 0 saturated heterocycles. The molecule has 1 heterocycles. The smallest absolute Gasteiger partial charge is 0.317 e. The summed E-state index contributed by atoms with van der Waals surface area (Å²) in [4.78, 5) is 24.9. The van der Waals surface area contributed by atoms with Crippen LogP contribution in [0, 0.1) is 0 Å². The summed E-state index contributed by atoms with van der Waals surface area (Å²) in [5.41, 5.74) is 1.71. The minimum absolute atomic E-state index is 0.0351. The summed E-state index contributed by atoms with van der Waals surface area (Å²) < 4.78 is 0. The molecule has 0 aromatic heterocycles. The number of amides is 2. The van der Waals surface area contributed by atoms with E-state index in [9.17, 15) is 14.7 Å². The van der Waals surface area contributed by atoms with E-state index in [1.54, 1.807) is 4.90 Å². The molecule has 1 aromatic carbocycles. The van der Waals surface area contributed by atoms with Crippen LogP contribution in [0.2, 0.25) is 0 Å². The Hall–Kier alpha value is -2.04. The summed E-state index contributed by atoms with van der Waals surface area (Å²) in [6.07, 6.45) is 0. The number of carboxylic acid groups (broad SMARTS) is 1. The van der Waals surface area contributed by atoms with E-state index in [1.807, 2.05) is 38.1 Å². The van der Waals surface area contributed by atoms with Gasteiger partial charge in [-0.15, -0.1) is 0 Å². The molecule has 19 heavy (non-hydrogen) atoms. The second-order valence-electron chi connectivity index (χ2n) is 5.07. The maximum absolute atomic E-state index is 12.0. The average molecular weight is 262 g/mol. The third-order valence-electron chi connectivity index (χ3n) is 3.19. The lowest BCUT2D eigenvalue weighted by Crippen LogP contribution is -2.47. The van der Waals surface area contributed by atoms with E-state index in [4.69, 9.17) is 0 Å². The SMILES string of the molecule is CC(C)NC(=O)N1Cc2ccccc2C(C(=O)O)C1. The second kappa shape index (κ2) is 5.30. The van der Waals surface area contributed by atoms with Crippen LogP contribution >= 0.6 is 0 Å². The molecule has 0 aliphatic carbocycles. The standard InChI is InChI=1S/C14H18N2O3/c1-9(2)15-14(19)16-7-10-5-3-4-6-11(10)12(8-16)13(17)18/h3-6,9,12H,7-8H2,1-2H3,(H,15,19)(H,17,18). The minimum atomic E-state index is -0.894. The number of hydrogen-bond acceptors (Lipinski definition) is 2. The molecular weight excluding hydrogens is 244 g/mol. The molecule has 1 aliphatic heterocycles. The molecule has 5 nitrogen and oxygen atoms in total. The number of benzene rings is 1. The largest absolute Gasteiger partial charge is 0.481 e. The minimum Gasteiger partial charge on any atom is -0.481 e. The molecule has 5 heteroatoms. The lowest BCUT2D eigenvalue weighted by molar-refractivity contribution is -0.139. The molecule has 1 aliphatic rings. The van der Waals surface area contributed by atoms with Crippen LogP contribution < -0.4 is 5.32 Å². The molecule has 2 amide bonds. The molecule has 102 valence electrons. The number of nitrogens with one attached hydrogen (secondary N) is 1. The molecule has 1 atom stereocenters. The molecule has 0 radical (unpaired) electrons. The maximum atomic E-state index is 12.0. The highest BCUT2D eigenvalue weighted by molar-refractivity contribution is 5.81. The lowest BCUT2D eigenvalue weighted by atomic mass is 9.90. The molecule has 2 N–H and O–H groups in total. The van der Waals surface area contributed by atoms with Gasteiger partial charge < -0.3 is 15.3 Å². The van der Waals surface area contributed by atoms with Crippen LogP contribution in [0.25, 0.3) is 0 Å². The Morgan fingerprint density at radius 3 is 2.68 bits per heavy atom. The zero-order valence-corrected chi connectivity index (χ0v) is 11.1. The Kier molecular flexibility index (Phi) is 3.74. The molecular formula is C14H18N2O3. The van der Waals surface area contributed by atoms with Crippen molar-refractivity contribution in [2.75, 3.05) is 6.54 Å². The van der Waals surface area contributed by atoms with E-state index >= 15 is 0 Å². The molecule has 1 unspecified atom stereocenters. The van der Waals surface area contributed by atoms with Crippen LogP contribution in [-0.2, 0) is 11.3 Å². The zero-order valence-electron chi connectivity index (χ0n) is 11.1. The van der Waals surface area contributed by atoms with Crippen LogP contribution in [0.3, 0.4) is 0 Å². The van der Waals surface area contributed by atoms with Gasteiger partial charge in [-0.3, -0.25) is 4.79 Å². The molecule has 1 aromatic rings. The molecule has 0 spiro atoms. The summed E-state index contributed by atoms with van der Waals surface area (Å²) in [6, 6.07) is 7.22. The van der Waals surface area contributed by atoms with Gasteiger partial charge in [0.15, 0.2) is 0 Å². The second-order valence-corrected chi connectivity index (χ2v) is 5.07. The van der Waals surface area contributed by atoms with Gasteiger partial charge in [0.1, 0.15) is 0 Å². The number of carbonyl (C=O) groups excluding carboxylic acids is 1. The fourth-order valence-electron chi connectivity index (χ4n) is 2.31. The highest BCUT2D eigenvalue weighted by Gasteiger charge is 2.32. The van der Waals surface area contributed by atoms with E-state index in [0.717, 1.165) is 11.1 Å². The summed E-state index contributed by atoms with van der Waals surface area (Å²) in [5, 5.41) is 12.1. The van der Waals surface area contributed by atoms with Gasteiger partial charge >= 0.3 is 12.0 Å². The van der Waals surface area contributed by atoms with Gasteiger partial charge in [0.25, 0.3) is 0 Å². The van der Waals surface area contributed by atoms with Gasteiger partial charge in [0.05, 0.1) is 5.92 Å². The lowest BCUT2D eigenvalue weighted by Gasteiger charge is -2.33. The van der Waals surface area contributed by atoms with Crippen LogP contribution in [0.15, 0.2) is 24.3 Å². The molecule has 0 bridgehead atoms. The number of rotatable bonds is 2. The fraction of sp³-hybridized carbons (Fsp3) is 0.429. The number of aliphatic carboxylic acids is 1. The van der Waals surface area contributed by atoms with Crippen molar-refractivity contribution in [3.05, 3.63) is 35.4 Å². The molecule has 0 fully saturated rings. The van der Waals surface area contributed by atoms with Gasteiger partial charge in [-0.2, -0.15) is 0 Å². The third kappa shape index (κ3) is 2.86. The summed E-state index contributed by atoms with van der Waals surface area (Å²) in [5.74, 6) is -1.54. The number of urea groups is 1. The van der Waals surface area contributed by atoms with Crippen LogP contribution in [0.1, 0.15) is 30.9 Å². The first-order chi connectivity index (χ1) is 8.99. The number of nitrogens with zero attached hydrogens (tertiary/aromatic N) is 1. The van der Waals surface area contributed by atoms with Crippen LogP contribution in [-0.4, -0.2) is 34.6 Å². The average Bonchev–Trinajstić information content (AvgIpc) is 2.36.